The maximum Gasteiger partial charge on any atom is 0.262 e. The Morgan fingerprint density at radius 3 is 2.62 bits per heavy atom. The fraction of sp³-hybridized carbons (Fsp3) is 0.400. The van der Waals surface area contributed by atoms with Crippen molar-refractivity contribution in [2.24, 2.45) is 0 Å². The molecule has 7 heteroatoms. The number of carbonyl (C=O) groups excluding carboxylic acids is 1. The maximum atomic E-state index is 13.4. The van der Waals surface area contributed by atoms with Crippen LogP contribution in [0.5, 0.6) is 0 Å². The van der Waals surface area contributed by atoms with E-state index in [9.17, 15) is 9.59 Å². The first-order valence-electron chi connectivity index (χ1n) is 11.1. The van der Waals surface area contributed by atoms with Crippen molar-refractivity contribution in [1.82, 2.24) is 14.5 Å². The minimum Gasteiger partial charge on any atom is -0.342 e. The highest BCUT2D eigenvalue weighted by atomic mass is 35.5. The van der Waals surface area contributed by atoms with Crippen LogP contribution in [0.15, 0.2) is 58.5 Å². The van der Waals surface area contributed by atoms with Crippen molar-refractivity contribution in [2.45, 2.75) is 62.0 Å². The van der Waals surface area contributed by atoms with Crippen LogP contribution in [0.1, 0.15) is 44.6 Å². The predicted molar refractivity (Wildman–Crippen MR) is 132 cm³/mol. The van der Waals surface area contributed by atoms with Crippen LogP contribution in [-0.2, 0) is 11.3 Å². The summed E-state index contributed by atoms with van der Waals surface area (Å²) < 4.78 is 1.67. The smallest absolute Gasteiger partial charge is 0.262 e. The number of rotatable bonds is 6. The minimum absolute atomic E-state index is 0.0774. The number of thioether (sulfide) groups is 1. The van der Waals surface area contributed by atoms with Crippen LogP contribution < -0.4 is 5.56 Å². The molecule has 1 atom stereocenters. The van der Waals surface area contributed by atoms with Crippen LogP contribution in [-0.4, -0.2) is 38.7 Å². The van der Waals surface area contributed by atoms with Crippen LogP contribution in [0.2, 0.25) is 5.02 Å². The average molecular weight is 470 g/mol. The summed E-state index contributed by atoms with van der Waals surface area (Å²) in [6, 6.07) is 15.2. The molecule has 32 heavy (non-hydrogen) atoms. The molecule has 4 rings (SSSR count). The van der Waals surface area contributed by atoms with Crippen molar-refractivity contribution in [3.05, 3.63) is 69.5 Å². The van der Waals surface area contributed by atoms with Gasteiger partial charge in [0.25, 0.3) is 5.56 Å². The summed E-state index contributed by atoms with van der Waals surface area (Å²) >= 11 is 7.50. The molecule has 0 bridgehead atoms. The van der Waals surface area contributed by atoms with Gasteiger partial charge in [-0.2, -0.15) is 0 Å². The SMILES string of the molecule is CC(Sc1nc2cc(Cl)ccc2c(=O)n1Cc1ccccc1)C(=O)N(C)C1CCCCC1. The fourth-order valence-corrected chi connectivity index (χ4v) is 5.49. The number of aromatic nitrogens is 2. The first-order chi connectivity index (χ1) is 15.4. The monoisotopic (exact) mass is 469 g/mol. The summed E-state index contributed by atoms with van der Waals surface area (Å²) in [7, 11) is 1.90. The fourth-order valence-electron chi connectivity index (χ4n) is 4.31. The van der Waals surface area contributed by atoms with E-state index in [1.54, 1.807) is 22.8 Å². The van der Waals surface area contributed by atoms with Crippen molar-refractivity contribution >= 4 is 40.2 Å². The van der Waals surface area contributed by atoms with Crippen molar-refractivity contribution in [1.29, 1.82) is 0 Å². The Balaban J connectivity index is 1.67. The Kier molecular flexibility index (Phi) is 7.21. The summed E-state index contributed by atoms with van der Waals surface area (Å²) in [6.07, 6.45) is 5.72. The highest BCUT2D eigenvalue weighted by Gasteiger charge is 2.27. The van der Waals surface area contributed by atoms with Crippen molar-refractivity contribution in [3.63, 3.8) is 0 Å². The van der Waals surface area contributed by atoms with Crippen molar-refractivity contribution in [3.8, 4) is 0 Å². The largest absolute Gasteiger partial charge is 0.342 e. The standard InChI is InChI=1S/C25H28ClN3O2S/c1-17(23(30)28(2)20-11-7-4-8-12-20)32-25-27-22-15-19(26)13-14-21(22)24(31)29(25)16-18-9-5-3-6-10-18/h3,5-6,9-10,13-15,17,20H,4,7-8,11-12,16H2,1-2H3. The molecule has 1 fully saturated rings. The Labute approximate surface area is 197 Å². The van der Waals surface area contributed by atoms with Crippen LogP contribution in [0.4, 0.5) is 0 Å². The normalized spacial score (nSPS) is 15.6. The van der Waals surface area contributed by atoms with Gasteiger partial charge in [-0.3, -0.25) is 14.2 Å². The van der Waals surface area contributed by atoms with Crippen LogP contribution in [0.25, 0.3) is 10.9 Å². The number of hydrogen-bond acceptors (Lipinski definition) is 4. The molecule has 0 spiro atoms. The second-order valence-corrected chi connectivity index (χ2v) is 10.2. The molecule has 2 aromatic carbocycles. The predicted octanol–water partition coefficient (Wildman–Crippen LogP) is 5.37. The zero-order valence-electron chi connectivity index (χ0n) is 18.5. The molecule has 5 nitrogen and oxygen atoms in total. The summed E-state index contributed by atoms with van der Waals surface area (Å²) in [4.78, 5) is 33.2. The summed E-state index contributed by atoms with van der Waals surface area (Å²) in [6.45, 7) is 2.29. The molecule has 3 aromatic rings. The Bertz CT molecular complexity index is 1160. The molecular formula is C25H28ClN3O2S. The van der Waals surface area contributed by atoms with Crippen LogP contribution in [0, 0.1) is 0 Å². The van der Waals surface area contributed by atoms with Gasteiger partial charge in [-0.15, -0.1) is 0 Å². The molecule has 0 saturated heterocycles. The minimum atomic E-state index is -0.354. The second-order valence-electron chi connectivity index (χ2n) is 8.43. The highest BCUT2D eigenvalue weighted by molar-refractivity contribution is 8.00. The van der Waals surface area contributed by atoms with Gasteiger partial charge in [-0.25, -0.2) is 4.98 Å². The van der Waals surface area contributed by atoms with E-state index in [-0.39, 0.29) is 16.7 Å². The zero-order valence-corrected chi connectivity index (χ0v) is 20.0. The molecule has 0 aliphatic heterocycles. The van der Waals surface area contributed by atoms with Crippen molar-refractivity contribution in [2.75, 3.05) is 7.05 Å². The zero-order chi connectivity index (χ0) is 22.7. The average Bonchev–Trinajstić information content (AvgIpc) is 2.81. The Morgan fingerprint density at radius 2 is 1.91 bits per heavy atom. The third-order valence-corrected chi connectivity index (χ3v) is 7.48. The van der Waals surface area contributed by atoms with E-state index >= 15 is 0 Å². The van der Waals surface area contributed by atoms with E-state index in [2.05, 4.69) is 0 Å². The quantitative estimate of drug-likeness (QED) is 0.359. The van der Waals surface area contributed by atoms with Gasteiger partial charge in [0.2, 0.25) is 5.91 Å². The number of fused-ring (bicyclic) bond motifs is 1. The van der Waals surface area contributed by atoms with Gasteiger partial charge in [0, 0.05) is 18.1 Å². The van der Waals surface area contributed by atoms with E-state index in [0.29, 0.717) is 33.7 Å². The van der Waals surface area contributed by atoms with E-state index in [0.717, 1.165) is 18.4 Å². The van der Waals surface area contributed by atoms with Gasteiger partial charge in [-0.05, 0) is 43.5 Å². The third kappa shape index (κ3) is 5.02. The summed E-state index contributed by atoms with van der Waals surface area (Å²) in [5, 5.41) is 1.23. The molecule has 1 saturated carbocycles. The Morgan fingerprint density at radius 1 is 1.19 bits per heavy atom. The Hall–Kier alpha value is -2.31. The number of hydrogen-bond donors (Lipinski definition) is 0. The summed E-state index contributed by atoms with van der Waals surface area (Å²) in [5.41, 5.74) is 1.43. The van der Waals surface area contributed by atoms with Gasteiger partial charge >= 0.3 is 0 Å². The topological polar surface area (TPSA) is 55.2 Å². The van der Waals surface area contributed by atoms with Gasteiger partial charge in [0.15, 0.2) is 5.16 Å². The lowest BCUT2D eigenvalue weighted by Gasteiger charge is -2.32. The molecule has 0 radical (unpaired) electrons. The molecule has 1 amide bonds. The molecule has 1 heterocycles. The second kappa shape index (κ2) is 10.1. The van der Waals surface area contributed by atoms with E-state index < -0.39 is 0 Å². The lowest BCUT2D eigenvalue weighted by atomic mass is 9.94. The maximum absolute atomic E-state index is 13.4. The number of nitrogens with zero attached hydrogens (tertiary/aromatic N) is 3. The first-order valence-corrected chi connectivity index (χ1v) is 12.4. The van der Waals surface area contributed by atoms with E-state index in [1.165, 1.54) is 31.0 Å². The molecular weight excluding hydrogens is 442 g/mol. The molecule has 0 N–H and O–H groups in total. The van der Waals surface area contributed by atoms with Crippen molar-refractivity contribution < 1.29 is 4.79 Å². The third-order valence-electron chi connectivity index (χ3n) is 6.17. The summed E-state index contributed by atoms with van der Waals surface area (Å²) in [5.74, 6) is 0.0774. The highest BCUT2D eigenvalue weighted by Crippen LogP contribution is 2.28. The van der Waals surface area contributed by atoms with Gasteiger partial charge in [0.05, 0.1) is 22.7 Å². The van der Waals surface area contributed by atoms with Gasteiger partial charge < -0.3 is 4.90 Å². The van der Waals surface area contributed by atoms with Gasteiger partial charge in [-0.1, -0.05) is 73.0 Å². The molecule has 1 aliphatic carbocycles. The van der Waals surface area contributed by atoms with E-state index in [1.807, 2.05) is 49.2 Å². The lowest BCUT2D eigenvalue weighted by Crippen LogP contribution is -2.42. The molecule has 168 valence electrons. The number of amides is 1. The molecule has 1 aromatic heterocycles. The first kappa shape index (κ1) is 22.9. The molecule has 1 unspecified atom stereocenters. The van der Waals surface area contributed by atoms with Crippen LogP contribution in [0.3, 0.4) is 0 Å². The lowest BCUT2D eigenvalue weighted by molar-refractivity contribution is -0.131. The number of carbonyl (C=O) groups is 1. The number of benzene rings is 2. The van der Waals surface area contributed by atoms with Crippen LogP contribution >= 0.6 is 23.4 Å². The van der Waals surface area contributed by atoms with Gasteiger partial charge in [0.1, 0.15) is 0 Å². The van der Waals surface area contributed by atoms with E-state index in [4.69, 9.17) is 16.6 Å². The molecule has 1 aliphatic rings. The number of halogens is 1.